The first-order valence-electron chi connectivity index (χ1n) is 21.9. The van der Waals surface area contributed by atoms with Gasteiger partial charge in [-0.05, 0) is 133 Å². The van der Waals surface area contributed by atoms with E-state index in [2.05, 4.69) is 188 Å². The number of carbonyl (C=O) groups is 1. The molecule has 1 heterocycles. The van der Waals surface area contributed by atoms with Gasteiger partial charge in [-0.2, -0.15) is 0 Å². The van der Waals surface area contributed by atoms with Gasteiger partial charge in [0.2, 0.25) is 0 Å². The van der Waals surface area contributed by atoms with Crippen LogP contribution in [0, 0.1) is 13.8 Å². The maximum Gasteiger partial charge on any atom is 0.134 e. The van der Waals surface area contributed by atoms with Gasteiger partial charge in [-0.1, -0.05) is 182 Å². The predicted molar refractivity (Wildman–Crippen MR) is 250 cm³/mol. The Balaban J connectivity index is 1.88. The van der Waals surface area contributed by atoms with Gasteiger partial charge in [0, 0.05) is 24.2 Å². The Hall–Kier alpha value is -3.80. The highest BCUT2D eigenvalue weighted by molar-refractivity contribution is 7.67. The van der Waals surface area contributed by atoms with E-state index in [1.165, 1.54) is 83.2 Å². The lowest BCUT2D eigenvalue weighted by Gasteiger charge is -2.42. The Morgan fingerprint density at radius 3 is 1.09 bits per heavy atom. The molecule has 2 heteroatoms. The molecule has 0 aliphatic carbocycles. The first-order valence-corrected chi connectivity index (χ1v) is 23.4. The summed E-state index contributed by atoms with van der Waals surface area (Å²) < 4.78 is 0. The van der Waals surface area contributed by atoms with Crippen molar-refractivity contribution in [3.8, 4) is 22.3 Å². The SMILES string of the molecule is Cc1ccccc1C1CC(=O)CC(c2ccccc2C)P1c1c(-c2c(C(C)C)cc(C(C)C)cc2C(C)C)cccc1-c1c(C(C)C)cc(C(C)C)cc1C(C)C. The highest BCUT2D eigenvalue weighted by atomic mass is 31.1. The number of hydrogen-bond donors (Lipinski definition) is 0. The van der Waals surface area contributed by atoms with Crippen LogP contribution in [-0.4, -0.2) is 5.78 Å². The van der Waals surface area contributed by atoms with Crippen LogP contribution in [0.4, 0.5) is 0 Å². The molecule has 0 aromatic heterocycles. The van der Waals surface area contributed by atoms with E-state index in [-0.39, 0.29) is 11.3 Å². The summed E-state index contributed by atoms with van der Waals surface area (Å²) in [7, 11) is -0.982. The van der Waals surface area contributed by atoms with Crippen LogP contribution < -0.4 is 5.30 Å². The van der Waals surface area contributed by atoms with E-state index >= 15 is 0 Å². The van der Waals surface area contributed by atoms with Gasteiger partial charge in [0.05, 0.1) is 0 Å². The average Bonchev–Trinajstić information content (AvgIpc) is 3.16. The monoisotopic (exact) mass is 777 g/mol. The van der Waals surface area contributed by atoms with Gasteiger partial charge < -0.3 is 0 Å². The Morgan fingerprint density at radius 1 is 0.456 bits per heavy atom. The summed E-state index contributed by atoms with van der Waals surface area (Å²) in [5.74, 6) is 2.63. The molecule has 0 bridgehead atoms. The van der Waals surface area contributed by atoms with Crippen molar-refractivity contribution in [1.82, 2.24) is 0 Å². The third kappa shape index (κ3) is 8.53. The topological polar surface area (TPSA) is 17.1 Å². The third-order valence-corrected chi connectivity index (χ3v) is 16.0. The lowest BCUT2D eigenvalue weighted by Crippen LogP contribution is -2.27. The molecule has 300 valence electrons. The molecule has 6 rings (SSSR count). The van der Waals surface area contributed by atoms with Crippen LogP contribution in [0.2, 0.25) is 0 Å². The lowest BCUT2D eigenvalue weighted by atomic mass is 9.79. The summed E-state index contributed by atoms with van der Waals surface area (Å²) >= 11 is 0. The summed E-state index contributed by atoms with van der Waals surface area (Å²) in [5, 5.41) is 1.49. The van der Waals surface area contributed by atoms with Crippen LogP contribution in [0.5, 0.6) is 0 Å². The van der Waals surface area contributed by atoms with Crippen LogP contribution in [-0.2, 0) is 4.79 Å². The number of ketones is 1. The second kappa shape index (κ2) is 17.6. The van der Waals surface area contributed by atoms with Crippen molar-refractivity contribution in [2.24, 2.45) is 0 Å². The van der Waals surface area contributed by atoms with Crippen molar-refractivity contribution >= 4 is 19.0 Å². The van der Waals surface area contributed by atoms with Gasteiger partial charge in [-0.3, -0.25) is 4.79 Å². The molecule has 0 amide bonds. The summed E-state index contributed by atoms with van der Waals surface area (Å²) in [4.78, 5) is 14.3. The molecule has 5 aromatic rings. The zero-order valence-corrected chi connectivity index (χ0v) is 38.4. The van der Waals surface area contributed by atoms with Crippen molar-refractivity contribution in [1.29, 1.82) is 0 Å². The molecule has 1 aliphatic rings. The van der Waals surface area contributed by atoms with E-state index < -0.39 is 7.92 Å². The molecule has 1 aliphatic heterocycles. The molecule has 0 N–H and O–H groups in total. The molecule has 5 aromatic carbocycles. The number of aryl methyl sites for hydroxylation is 2. The molecule has 0 radical (unpaired) electrons. The molecule has 2 atom stereocenters. The second-order valence-corrected chi connectivity index (χ2v) is 21.4. The van der Waals surface area contributed by atoms with E-state index in [0.29, 0.717) is 54.1 Å². The standard InChI is InChI=1S/C55H69OP/c1-32(2)40-26-47(34(5)6)53(48(27-40)35(7)8)45-24-19-25-46(54-49(36(9)10)28-41(33(3)4)29-50(54)37(11)12)55(45)57-51(43-22-17-15-20-38(43)13)30-42(56)31-52(57)44-23-18-16-21-39(44)14/h15-29,32-37,51-52H,30-31H2,1-14H3. The third-order valence-electron chi connectivity index (χ3n) is 12.7. The fourth-order valence-electron chi connectivity index (χ4n) is 9.44. The van der Waals surface area contributed by atoms with Crippen molar-refractivity contribution in [2.75, 3.05) is 0 Å². The normalized spacial score (nSPS) is 17.6. The minimum absolute atomic E-state index is 0.0897. The Kier molecular flexibility index (Phi) is 13.2. The van der Waals surface area contributed by atoms with E-state index in [0.717, 1.165) is 0 Å². The number of hydrogen-bond acceptors (Lipinski definition) is 1. The summed E-state index contributed by atoms with van der Waals surface area (Å²) in [6.07, 6.45) is 1.15. The molecule has 0 spiro atoms. The minimum atomic E-state index is -0.982. The Morgan fingerprint density at radius 2 is 0.789 bits per heavy atom. The molecule has 57 heavy (non-hydrogen) atoms. The number of carbonyl (C=O) groups excluding carboxylic acids is 1. The Labute approximate surface area is 347 Å². The van der Waals surface area contributed by atoms with Gasteiger partial charge >= 0.3 is 0 Å². The molecule has 1 saturated heterocycles. The predicted octanol–water partition coefficient (Wildman–Crippen LogP) is 16.3. The molecule has 1 nitrogen and oxygen atoms in total. The van der Waals surface area contributed by atoms with Gasteiger partial charge in [0.1, 0.15) is 5.78 Å². The second-order valence-electron chi connectivity index (χ2n) is 18.9. The largest absolute Gasteiger partial charge is 0.300 e. The first-order chi connectivity index (χ1) is 27.0. The Bertz CT molecular complexity index is 2020. The van der Waals surface area contributed by atoms with Crippen molar-refractivity contribution in [2.45, 2.75) is 157 Å². The maximum atomic E-state index is 14.3. The maximum absolute atomic E-state index is 14.3. The van der Waals surface area contributed by atoms with E-state index in [1.54, 1.807) is 0 Å². The van der Waals surface area contributed by atoms with Gasteiger partial charge in [0.25, 0.3) is 0 Å². The molecular weight excluding hydrogens is 708 g/mol. The summed E-state index contributed by atoms with van der Waals surface area (Å²) in [6, 6.07) is 35.3. The van der Waals surface area contributed by atoms with Crippen LogP contribution in [0.15, 0.2) is 91.0 Å². The fraction of sp³-hybridized carbons (Fsp3) is 0.436. The molecular formula is C55H69OP. The fourth-order valence-corrected chi connectivity index (χ4v) is 13.4. The van der Waals surface area contributed by atoms with Gasteiger partial charge in [0.15, 0.2) is 0 Å². The molecule has 1 fully saturated rings. The number of rotatable bonds is 11. The van der Waals surface area contributed by atoms with Gasteiger partial charge in [-0.15, -0.1) is 0 Å². The quantitative estimate of drug-likeness (QED) is 0.122. The minimum Gasteiger partial charge on any atom is -0.300 e. The van der Waals surface area contributed by atoms with Crippen molar-refractivity contribution in [3.63, 3.8) is 0 Å². The number of benzene rings is 5. The van der Waals surface area contributed by atoms with Crippen LogP contribution >= 0.6 is 7.92 Å². The van der Waals surface area contributed by atoms with E-state index in [4.69, 9.17) is 0 Å². The number of Topliss-reactive ketones (excluding diaryl/α,β-unsaturated/α-hetero) is 1. The first kappa shape index (κ1) is 42.8. The van der Waals surface area contributed by atoms with E-state index in [9.17, 15) is 4.79 Å². The average molecular weight is 777 g/mol. The van der Waals surface area contributed by atoms with Crippen molar-refractivity contribution in [3.05, 3.63) is 147 Å². The lowest BCUT2D eigenvalue weighted by molar-refractivity contribution is -0.119. The molecule has 0 saturated carbocycles. The zero-order chi connectivity index (χ0) is 41.5. The summed E-state index contributed by atoms with van der Waals surface area (Å²) in [5.41, 5.74) is 19.6. The van der Waals surface area contributed by atoms with Crippen LogP contribution in [0.3, 0.4) is 0 Å². The highest BCUT2D eigenvalue weighted by Gasteiger charge is 2.43. The van der Waals surface area contributed by atoms with Crippen molar-refractivity contribution < 1.29 is 4.79 Å². The molecule has 2 unspecified atom stereocenters. The summed E-state index contributed by atoms with van der Waals surface area (Å²) in [6.45, 7) is 32.9. The van der Waals surface area contributed by atoms with Gasteiger partial charge in [-0.25, -0.2) is 0 Å². The van der Waals surface area contributed by atoms with Crippen LogP contribution in [0.25, 0.3) is 22.3 Å². The van der Waals surface area contributed by atoms with E-state index in [1.807, 2.05) is 0 Å². The zero-order valence-electron chi connectivity index (χ0n) is 37.5. The highest BCUT2D eigenvalue weighted by Crippen LogP contribution is 2.69. The smallest absolute Gasteiger partial charge is 0.134 e. The van der Waals surface area contributed by atoms with Crippen LogP contribution in [0.1, 0.15) is 198 Å².